The van der Waals surface area contributed by atoms with Crippen LogP contribution in [0.4, 0.5) is 0 Å². The van der Waals surface area contributed by atoms with Gasteiger partial charge in [-0.15, -0.1) is 0 Å². The summed E-state index contributed by atoms with van der Waals surface area (Å²) in [5.74, 6) is -1.33. The minimum atomic E-state index is -1.75. The number of hydrogen-bond acceptors (Lipinski definition) is 3. The second-order valence-electron chi connectivity index (χ2n) is 5.15. The fourth-order valence-corrected chi connectivity index (χ4v) is 3.69. The standard InChI is InChI=1S/C15H20O3S/c1-19-13-9-7-12(8-10-13)15(18,14(16)17)11-5-3-2-4-6-11/h2-6,12-13,18H,7-10H2,1H3,(H,16,17). The van der Waals surface area contributed by atoms with Gasteiger partial charge < -0.3 is 10.2 Å². The van der Waals surface area contributed by atoms with Crippen LogP contribution in [0, 0.1) is 5.92 Å². The molecule has 1 aliphatic carbocycles. The van der Waals surface area contributed by atoms with Crippen molar-refractivity contribution in [2.75, 3.05) is 6.26 Å². The van der Waals surface area contributed by atoms with E-state index in [0.717, 1.165) is 25.7 Å². The highest BCUT2D eigenvalue weighted by Crippen LogP contribution is 2.41. The van der Waals surface area contributed by atoms with Crippen molar-refractivity contribution in [2.24, 2.45) is 5.92 Å². The van der Waals surface area contributed by atoms with Crippen molar-refractivity contribution in [3.63, 3.8) is 0 Å². The molecule has 1 unspecified atom stereocenters. The van der Waals surface area contributed by atoms with Crippen LogP contribution >= 0.6 is 11.8 Å². The molecule has 0 bridgehead atoms. The molecule has 104 valence electrons. The normalized spacial score (nSPS) is 26.6. The predicted molar refractivity (Wildman–Crippen MR) is 77.2 cm³/mol. The molecule has 2 N–H and O–H groups in total. The van der Waals surface area contributed by atoms with Gasteiger partial charge in [-0.2, -0.15) is 11.8 Å². The van der Waals surface area contributed by atoms with Crippen LogP contribution in [0.3, 0.4) is 0 Å². The Morgan fingerprint density at radius 2 is 1.79 bits per heavy atom. The Hall–Kier alpha value is -1.00. The van der Waals surface area contributed by atoms with E-state index in [1.165, 1.54) is 0 Å². The molecule has 1 saturated carbocycles. The zero-order chi connectivity index (χ0) is 13.9. The lowest BCUT2D eigenvalue weighted by molar-refractivity contribution is -0.168. The molecular weight excluding hydrogens is 260 g/mol. The van der Waals surface area contributed by atoms with Crippen LogP contribution in [-0.2, 0) is 10.4 Å². The van der Waals surface area contributed by atoms with E-state index >= 15 is 0 Å². The topological polar surface area (TPSA) is 57.5 Å². The molecule has 0 saturated heterocycles. The van der Waals surface area contributed by atoms with Gasteiger partial charge in [0.15, 0.2) is 5.60 Å². The molecule has 1 aromatic carbocycles. The van der Waals surface area contributed by atoms with Crippen molar-refractivity contribution < 1.29 is 15.0 Å². The molecule has 1 fully saturated rings. The summed E-state index contributed by atoms with van der Waals surface area (Å²) >= 11 is 1.83. The SMILES string of the molecule is CSC1CCC(C(O)(C(=O)O)c2ccccc2)CC1. The minimum absolute atomic E-state index is 0.198. The average molecular weight is 280 g/mol. The lowest BCUT2D eigenvalue weighted by Crippen LogP contribution is -2.44. The summed E-state index contributed by atoms with van der Waals surface area (Å²) in [6.07, 6.45) is 5.58. The second-order valence-corrected chi connectivity index (χ2v) is 6.28. The van der Waals surface area contributed by atoms with E-state index in [9.17, 15) is 15.0 Å². The number of benzene rings is 1. The summed E-state index contributed by atoms with van der Waals surface area (Å²) in [7, 11) is 0. The molecule has 0 heterocycles. The molecule has 4 heteroatoms. The van der Waals surface area contributed by atoms with Crippen LogP contribution in [-0.4, -0.2) is 27.7 Å². The van der Waals surface area contributed by atoms with Gasteiger partial charge in [0.1, 0.15) is 0 Å². The maximum Gasteiger partial charge on any atom is 0.340 e. The Morgan fingerprint density at radius 1 is 1.21 bits per heavy atom. The van der Waals surface area contributed by atoms with Crippen LogP contribution in [0.2, 0.25) is 0 Å². The van der Waals surface area contributed by atoms with Gasteiger partial charge in [0.25, 0.3) is 0 Å². The molecule has 1 atom stereocenters. The zero-order valence-corrected chi connectivity index (χ0v) is 11.9. The Bertz CT molecular complexity index is 426. The second kappa shape index (κ2) is 5.97. The quantitative estimate of drug-likeness (QED) is 0.890. The number of carboxylic acids is 1. The molecule has 0 radical (unpaired) electrons. The maximum absolute atomic E-state index is 11.6. The van der Waals surface area contributed by atoms with Gasteiger partial charge >= 0.3 is 5.97 Å². The number of aliphatic hydroxyl groups is 1. The maximum atomic E-state index is 11.6. The number of carboxylic acid groups (broad SMARTS) is 1. The molecule has 3 nitrogen and oxygen atoms in total. The van der Waals surface area contributed by atoms with E-state index in [-0.39, 0.29) is 5.92 Å². The Kier molecular flexibility index (Phi) is 4.53. The first-order valence-electron chi connectivity index (χ1n) is 6.63. The molecular formula is C15H20O3S. The first-order valence-corrected chi connectivity index (χ1v) is 7.92. The first kappa shape index (κ1) is 14.4. The summed E-state index contributed by atoms with van der Waals surface area (Å²) in [4.78, 5) is 11.6. The van der Waals surface area contributed by atoms with Crippen LogP contribution in [0.25, 0.3) is 0 Å². The highest BCUT2D eigenvalue weighted by molar-refractivity contribution is 7.99. The first-order chi connectivity index (χ1) is 9.09. The van der Waals surface area contributed by atoms with Crippen LogP contribution < -0.4 is 0 Å². The predicted octanol–water partition coefficient (Wildman–Crippen LogP) is 2.88. The van der Waals surface area contributed by atoms with E-state index in [1.807, 2.05) is 17.8 Å². The van der Waals surface area contributed by atoms with Crippen LogP contribution in [0.1, 0.15) is 31.2 Å². The van der Waals surface area contributed by atoms with E-state index in [2.05, 4.69) is 6.26 Å². The molecule has 1 aromatic rings. The van der Waals surface area contributed by atoms with Gasteiger partial charge in [-0.1, -0.05) is 30.3 Å². The van der Waals surface area contributed by atoms with Crippen molar-refractivity contribution in [3.05, 3.63) is 35.9 Å². The van der Waals surface area contributed by atoms with Crippen molar-refractivity contribution >= 4 is 17.7 Å². The van der Waals surface area contributed by atoms with Crippen LogP contribution in [0.5, 0.6) is 0 Å². The lowest BCUT2D eigenvalue weighted by atomic mass is 9.73. The summed E-state index contributed by atoms with van der Waals surface area (Å²) in [6.45, 7) is 0. The fraction of sp³-hybridized carbons (Fsp3) is 0.533. The number of rotatable bonds is 4. The summed E-state index contributed by atoms with van der Waals surface area (Å²) < 4.78 is 0. The van der Waals surface area contributed by atoms with Gasteiger partial charge in [-0.3, -0.25) is 0 Å². The molecule has 1 aliphatic rings. The van der Waals surface area contributed by atoms with Crippen molar-refractivity contribution in [1.82, 2.24) is 0 Å². The van der Waals surface area contributed by atoms with E-state index in [1.54, 1.807) is 24.3 Å². The summed E-state index contributed by atoms with van der Waals surface area (Å²) in [6, 6.07) is 8.79. The van der Waals surface area contributed by atoms with E-state index in [4.69, 9.17) is 0 Å². The van der Waals surface area contributed by atoms with Crippen molar-refractivity contribution in [3.8, 4) is 0 Å². The third-order valence-corrected chi connectivity index (χ3v) is 5.28. The third kappa shape index (κ3) is 2.79. The highest BCUT2D eigenvalue weighted by Gasteiger charge is 2.46. The summed E-state index contributed by atoms with van der Waals surface area (Å²) in [5.41, 5.74) is -1.25. The smallest absolute Gasteiger partial charge is 0.340 e. The molecule has 0 aromatic heterocycles. The highest BCUT2D eigenvalue weighted by atomic mass is 32.2. The Labute approximate surface area is 118 Å². The van der Waals surface area contributed by atoms with Crippen LogP contribution in [0.15, 0.2) is 30.3 Å². The molecule has 2 rings (SSSR count). The number of thioether (sulfide) groups is 1. The van der Waals surface area contributed by atoms with Crippen molar-refractivity contribution in [2.45, 2.75) is 36.5 Å². The minimum Gasteiger partial charge on any atom is -0.479 e. The Balaban J connectivity index is 2.24. The fourth-order valence-electron chi connectivity index (χ4n) is 2.94. The summed E-state index contributed by atoms with van der Waals surface area (Å²) in [5, 5.41) is 20.8. The molecule has 19 heavy (non-hydrogen) atoms. The monoisotopic (exact) mass is 280 g/mol. The molecule has 0 aliphatic heterocycles. The van der Waals surface area contributed by atoms with Gasteiger partial charge in [-0.25, -0.2) is 4.79 Å². The average Bonchev–Trinajstić information content (AvgIpc) is 2.47. The number of carbonyl (C=O) groups is 1. The molecule has 0 amide bonds. The van der Waals surface area contributed by atoms with E-state index in [0.29, 0.717) is 10.8 Å². The van der Waals surface area contributed by atoms with Gasteiger partial charge in [0.05, 0.1) is 0 Å². The zero-order valence-electron chi connectivity index (χ0n) is 11.1. The third-order valence-electron chi connectivity index (χ3n) is 4.14. The van der Waals surface area contributed by atoms with Gasteiger partial charge in [0.2, 0.25) is 0 Å². The Morgan fingerprint density at radius 3 is 2.26 bits per heavy atom. The van der Waals surface area contributed by atoms with Gasteiger partial charge in [0, 0.05) is 11.2 Å². The largest absolute Gasteiger partial charge is 0.479 e. The molecule has 0 spiro atoms. The number of aliphatic carboxylic acids is 1. The number of hydrogen-bond donors (Lipinski definition) is 2. The van der Waals surface area contributed by atoms with E-state index < -0.39 is 11.6 Å². The van der Waals surface area contributed by atoms with Gasteiger partial charge in [-0.05, 0) is 37.5 Å². The van der Waals surface area contributed by atoms with Crippen molar-refractivity contribution in [1.29, 1.82) is 0 Å². The lowest BCUT2D eigenvalue weighted by Gasteiger charge is -2.37.